The molecular weight excluding hydrogens is 452 g/mol. The van der Waals surface area contributed by atoms with Gasteiger partial charge in [0.25, 0.3) is 5.91 Å². The molecule has 0 spiro atoms. The van der Waals surface area contributed by atoms with E-state index in [-0.39, 0.29) is 18.0 Å². The lowest BCUT2D eigenvalue weighted by molar-refractivity contribution is -0.152. The zero-order chi connectivity index (χ0) is 24.4. The zero-order valence-corrected chi connectivity index (χ0v) is 17.9. The Morgan fingerprint density at radius 2 is 1.48 bits per heavy atom. The van der Waals surface area contributed by atoms with E-state index in [1.54, 1.807) is 12.1 Å². The third-order valence-electron chi connectivity index (χ3n) is 5.33. The Morgan fingerprint density at radius 1 is 0.909 bits per heavy atom. The first-order valence-corrected chi connectivity index (χ1v) is 10.2. The molecule has 0 unspecified atom stereocenters. The number of benzene rings is 1. The molecule has 0 bridgehead atoms. The van der Waals surface area contributed by atoms with Gasteiger partial charge in [0.1, 0.15) is 5.82 Å². The van der Waals surface area contributed by atoms with Gasteiger partial charge in [-0.15, -0.1) is 0 Å². The van der Waals surface area contributed by atoms with Crippen molar-refractivity contribution in [3.05, 3.63) is 47.4 Å². The van der Waals surface area contributed by atoms with Gasteiger partial charge in [-0.05, 0) is 49.9 Å². The van der Waals surface area contributed by atoms with Gasteiger partial charge in [-0.1, -0.05) is 0 Å². The number of aromatic nitrogens is 2. The summed E-state index contributed by atoms with van der Waals surface area (Å²) in [6.07, 6.45) is -8.23. The molecule has 1 fully saturated rings. The Balaban J connectivity index is 1.59. The summed E-state index contributed by atoms with van der Waals surface area (Å²) in [5.74, 6) is -2.61. The predicted molar refractivity (Wildman–Crippen MR) is 110 cm³/mol. The fourth-order valence-electron chi connectivity index (χ4n) is 3.56. The number of nitrogens with one attached hydrogen (secondary N) is 2. The third kappa shape index (κ3) is 6.48. The van der Waals surface area contributed by atoms with Gasteiger partial charge in [0, 0.05) is 43.5 Å². The molecule has 12 heteroatoms. The number of alkyl halides is 6. The summed E-state index contributed by atoms with van der Waals surface area (Å²) in [5.41, 5.74) is -0.208. The number of hydrogen-bond donors (Lipinski definition) is 2. The smallest absolute Gasteiger partial charge is 0.378 e. The molecule has 0 radical (unpaired) electrons. The largest absolute Gasteiger partial charge is 0.451 e. The van der Waals surface area contributed by atoms with Crippen LogP contribution in [0.15, 0.2) is 30.3 Å². The maximum absolute atomic E-state index is 13.0. The highest BCUT2D eigenvalue weighted by molar-refractivity contribution is 5.94. The van der Waals surface area contributed by atoms with Crippen LogP contribution in [0, 0.1) is 0 Å². The van der Waals surface area contributed by atoms with Crippen molar-refractivity contribution >= 4 is 17.4 Å². The molecule has 33 heavy (non-hydrogen) atoms. The average Bonchev–Trinajstić information content (AvgIpc) is 2.73. The van der Waals surface area contributed by atoms with Gasteiger partial charge in [-0.25, -0.2) is 9.97 Å². The molecule has 6 nitrogen and oxygen atoms in total. The monoisotopic (exact) mass is 475 g/mol. The van der Waals surface area contributed by atoms with Crippen molar-refractivity contribution in [2.24, 2.45) is 0 Å². The molecule has 1 aliphatic carbocycles. The van der Waals surface area contributed by atoms with Crippen molar-refractivity contribution < 1.29 is 31.1 Å². The number of carbonyl (C=O) groups is 1. The van der Waals surface area contributed by atoms with E-state index < -0.39 is 29.7 Å². The summed E-state index contributed by atoms with van der Waals surface area (Å²) in [5, 5.41) is 5.58. The SMILES string of the molecule is CN(C)c1ccc(C(=O)NC2CCC(Nc3cc(C(F)(F)F)nc(C(F)(F)F)n3)CC2)cc1. The van der Waals surface area contributed by atoms with Gasteiger partial charge in [0.05, 0.1) is 0 Å². The van der Waals surface area contributed by atoms with Crippen molar-refractivity contribution in [2.75, 3.05) is 24.3 Å². The van der Waals surface area contributed by atoms with E-state index in [0.717, 1.165) is 5.69 Å². The molecule has 3 rings (SSSR count). The zero-order valence-electron chi connectivity index (χ0n) is 17.9. The molecule has 1 aromatic heterocycles. The lowest BCUT2D eigenvalue weighted by atomic mass is 9.91. The molecule has 2 aromatic rings. The molecule has 1 amide bonds. The lowest BCUT2D eigenvalue weighted by Gasteiger charge is -2.30. The van der Waals surface area contributed by atoms with E-state index in [4.69, 9.17) is 0 Å². The third-order valence-corrected chi connectivity index (χ3v) is 5.33. The summed E-state index contributed by atoms with van der Waals surface area (Å²) in [6, 6.07) is 7.01. The topological polar surface area (TPSA) is 70.2 Å². The first-order valence-electron chi connectivity index (χ1n) is 10.2. The van der Waals surface area contributed by atoms with Crippen molar-refractivity contribution in [1.29, 1.82) is 0 Å². The average molecular weight is 475 g/mol. The predicted octanol–water partition coefficient (Wildman–Crippen LogP) is 4.73. The van der Waals surface area contributed by atoms with Crippen LogP contribution in [-0.2, 0) is 12.4 Å². The second-order valence-corrected chi connectivity index (χ2v) is 8.07. The van der Waals surface area contributed by atoms with Crippen molar-refractivity contribution in [2.45, 2.75) is 50.1 Å². The van der Waals surface area contributed by atoms with Gasteiger partial charge in [-0.3, -0.25) is 4.79 Å². The van der Waals surface area contributed by atoms with Gasteiger partial charge in [0.15, 0.2) is 5.69 Å². The molecule has 180 valence electrons. The number of halogens is 6. The summed E-state index contributed by atoms with van der Waals surface area (Å²) in [6.45, 7) is 0. The first-order chi connectivity index (χ1) is 15.3. The minimum Gasteiger partial charge on any atom is -0.378 e. The molecule has 1 saturated carbocycles. The number of nitrogens with zero attached hydrogens (tertiary/aromatic N) is 3. The van der Waals surface area contributed by atoms with Crippen LogP contribution in [-0.4, -0.2) is 42.1 Å². The number of rotatable bonds is 5. The Bertz CT molecular complexity index is 934. The highest BCUT2D eigenvalue weighted by Gasteiger charge is 2.40. The molecule has 1 heterocycles. The van der Waals surface area contributed by atoms with Crippen LogP contribution in [0.5, 0.6) is 0 Å². The molecular formula is C21H23F6N5O. The van der Waals surface area contributed by atoms with E-state index in [1.165, 1.54) is 0 Å². The van der Waals surface area contributed by atoms with Gasteiger partial charge in [-0.2, -0.15) is 26.3 Å². The Kier molecular flexibility index (Phi) is 7.03. The van der Waals surface area contributed by atoms with Gasteiger partial charge in [0.2, 0.25) is 5.82 Å². The van der Waals surface area contributed by atoms with Crippen LogP contribution in [0.4, 0.5) is 37.8 Å². The number of anilines is 2. The van der Waals surface area contributed by atoms with Crippen molar-refractivity contribution in [3.8, 4) is 0 Å². The molecule has 0 atom stereocenters. The maximum Gasteiger partial charge on any atom is 0.451 e. The molecule has 0 saturated heterocycles. The Labute approximate surface area is 186 Å². The maximum atomic E-state index is 13.0. The van der Waals surface area contributed by atoms with Crippen LogP contribution >= 0.6 is 0 Å². The van der Waals surface area contributed by atoms with E-state index in [9.17, 15) is 31.1 Å². The van der Waals surface area contributed by atoms with Crippen molar-refractivity contribution in [1.82, 2.24) is 15.3 Å². The second-order valence-electron chi connectivity index (χ2n) is 8.07. The quantitative estimate of drug-likeness (QED) is 0.612. The Hall–Kier alpha value is -3.05. The summed E-state index contributed by atoms with van der Waals surface area (Å²) < 4.78 is 77.7. The van der Waals surface area contributed by atoms with Crippen molar-refractivity contribution in [3.63, 3.8) is 0 Å². The fraction of sp³-hybridized carbons (Fsp3) is 0.476. The normalized spacial score (nSPS) is 19.2. The van der Waals surface area contributed by atoms with E-state index in [0.29, 0.717) is 37.3 Å². The minimum atomic E-state index is -5.11. The number of amides is 1. The number of carbonyl (C=O) groups excluding carboxylic acids is 1. The minimum absolute atomic E-state index is 0.147. The molecule has 2 N–H and O–H groups in total. The van der Waals surface area contributed by atoms with Gasteiger partial charge < -0.3 is 15.5 Å². The van der Waals surface area contributed by atoms with E-state index in [2.05, 4.69) is 20.6 Å². The van der Waals surface area contributed by atoms with Crippen LogP contribution in [0.1, 0.15) is 47.6 Å². The highest BCUT2D eigenvalue weighted by Crippen LogP contribution is 2.34. The van der Waals surface area contributed by atoms with Crippen LogP contribution < -0.4 is 15.5 Å². The van der Waals surface area contributed by atoms with Gasteiger partial charge >= 0.3 is 12.4 Å². The molecule has 1 aliphatic rings. The second kappa shape index (κ2) is 9.44. The van der Waals surface area contributed by atoms with E-state index >= 15 is 0 Å². The van der Waals surface area contributed by atoms with Crippen LogP contribution in [0.3, 0.4) is 0 Å². The molecule has 0 aliphatic heterocycles. The lowest BCUT2D eigenvalue weighted by Crippen LogP contribution is -2.40. The van der Waals surface area contributed by atoms with E-state index in [1.807, 2.05) is 31.1 Å². The standard InChI is InChI=1S/C21H23F6N5O/c1-32(2)15-9-3-12(4-10-15)18(33)29-14-7-5-13(6-8-14)28-17-11-16(20(22,23)24)30-19(31-17)21(25,26)27/h3-4,9-11,13-14H,5-8H2,1-2H3,(H,29,33)(H,28,30,31). The highest BCUT2D eigenvalue weighted by atomic mass is 19.4. The molecule has 1 aromatic carbocycles. The fourth-order valence-corrected chi connectivity index (χ4v) is 3.56. The number of hydrogen-bond acceptors (Lipinski definition) is 5. The van der Waals surface area contributed by atoms with Crippen LogP contribution in [0.25, 0.3) is 0 Å². The summed E-state index contributed by atoms with van der Waals surface area (Å²) in [7, 11) is 3.77. The first kappa shape index (κ1) is 24.6. The summed E-state index contributed by atoms with van der Waals surface area (Å²) >= 11 is 0. The van der Waals surface area contributed by atoms with Crippen LogP contribution in [0.2, 0.25) is 0 Å². The Morgan fingerprint density at radius 3 is 2.00 bits per heavy atom. The summed E-state index contributed by atoms with van der Waals surface area (Å²) in [4.78, 5) is 20.2.